The third-order valence-electron chi connectivity index (χ3n) is 5.63. The summed E-state index contributed by atoms with van der Waals surface area (Å²) in [7, 11) is 3.28. The molecule has 0 saturated carbocycles. The maximum absolute atomic E-state index is 10.7. The fraction of sp³-hybridized carbons (Fsp3) is 0.167. The first-order chi connectivity index (χ1) is 15.6. The molecule has 0 unspecified atom stereocenters. The molecule has 4 aromatic rings. The number of nitrogens with zero attached hydrogens (tertiary/aromatic N) is 4. The van der Waals surface area contributed by atoms with Gasteiger partial charge >= 0.3 is 0 Å². The van der Waals surface area contributed by atoms with Gasteiger partial charge in [-0.3, -0.25) is 9.59 Å². The molecule has 2 aliphatic heterocycles. The normalized spacial score (nSPS) is 12.1. The van der Waals surface area contributed by atoms with E-state index in [1.54, 1.807) is 26.6 Å². The Bertz CT molecular complexity index is 1350. The first kappa shape index (κ1) is 19.7. The number of ether oxygens (including phenoxy) is 2. The second kappa shape index (κ2) is 7.81. The zero-order valence-corrected chi connectivity index (χ0v) is 17.6. The average Bonchev–Trinajstić information content (AvgIpc) is 3.56. The third kappa shape index (κ3) is 3.17. The van der Waals surface area contributed by atoms with Gasteiger partial charge in [0.2, 0.25) is 0 Å². The molecule has 0 atom stereocenters. The van der Waals surface area contributed by atoms with Crippen molar-refractivity contribution in [2.24, 2.45) is 0 Å². The van der Waals surface area contributed by atoms with E-state index in [1.165, 1.54) is 11.1 Å². The lowest BCUT2D eigenvalue weighted by Crippen LogP contribution is -1.90. The lowest BCUT2D eigenvalue weighted by atomic mass is 10.1. The van der Waals surface area contributed by atoms with Crippen molar-refractivity contribution in [1.82, 2.24) is 19.1 Å². The average molecular weight is 428 g/mol. The Labute approximate surface area is 184 Å². The SMILES string of the molecule is COc1ccc2c(c1)-c1nc(C=O)cn1C2.COc1cccc2c1-c1nc(C=O)cn1C2. The number of fused-ring (bicyclic) bond motifs is 6. The molecule has 160 valence electrons. The molecule has 0 amide bonds. The first-order valence-electron chi connectivity index (χ1n) is 10.0. The highest BCUT2D eigenvalue weighted by Crippen LogP contribution is 2.38. The van der Waals surface area contributed by atoms with E-state index in [4.69, 9.17) is 9.47 Å². The number of benzene rings is 2. The van der Waals surface area contributed by atoms with Crippen molar-refractivity contribution >= 4 is 12.6 Å². The van der Waals surface area contributed by atoms with Gasteiger partial charge in [0.05, 0.1) is 19.8 Å². The van der Waals surface area contributed by atoms with Gasteiger partial charge in [0, 0.05) is 31.0 Å². The van der Waals surface area contributed by atoms with Crippen molar-refractivity contribution in [3.05, 3.63) is 71.3 Å². The van der Waals surface area contributed by atoms with Gasteiger partial charge in [0.1, 0.15) is 34.5 Å². The minimum Gasteiger partial charge on any atom is -0.497 e. The molecule has 6 rings (SSSR count). The minimum absolute atomic E-state index is 0.464. The molecule has 32 heavy (non-hydrogen) atoms. The van der Waals surface area contributed by atoms with Crippen LogP contribution >= 0.6 is 0 Å². The highest BCUT2D eigenvalue weighted by molar-refractivity contribution is 5.78. The van der Waals surface area contributed by atoms with Gasteiger partial charge in [-0.2, -0.15) is 0 Å². The summed E-state index contributed by atoms with van der Waals surface area (Å²) >= 11 is 0. The maximum atomic E-state index is 10.7. The van der Waals surface area contributed by atoms with E-state index in [0.717, 1.165) is 59.9 Å². The van der Waals surface area contributed by atoms with Crippen molar-refractivity contribution in [2.75, 3.05) is 14.2 Å². The number of carbonyl (C=O) groups is 2. The Morgan fingerprint density at radius 3 is 2.22 bits per heavy atom. The molecule has 0 bridgehead atoms. The molecule has 0 radical (unpaired) electrons. The quantitative estimate of drug-likeness (QED) is 0.400. The number of imidazole rings is 2. The molecule has 0 N–H and O–H groups in total. The molecule has 0 aliphatic carbocycles. The van der Waals surface area contributed by atoms with Crippen LogP contribution in [0.3, 0.4) is 0 Å². The zero-order chi connectivity index (χ0) is 22.2. The third-order valence-corrected chi connectivity index (χ3v) is 5.63. The standard InChI is InChI=1S/2C12H10N2O2/c1-16-10-3-2-8-5-14-6-9(7-15)13-12(14)11(8)4-10;1-16-10-4-2-3-8-5-14-6-9(7-15)13-12(14)11(8)10/h2*2-4,6-7H,5H2,1H3. The summed E-state index contributed by atoms with van der Waals surface area (Å²) in [5.74, 6) is 3.27. The van der Waals surface area contributed by atoms with Crippen LogP contribution in [-0.2, 0) is 13.1 Å². The van der Waals surface area contributed by atoms with Crippen molar-refractivity contribution in [3.8, 4) is 34.3 Å². The maximum Gasteiger partial charge on any atom is 0.170 e. The second-order valence-corrected chi connectivity index (χ2v) is 7.49. The second-order valence-electron chi connectivity index (χ2n) is 7.49. The van der Waals surface area contributed by atoms with Gasteiger partial charge in [-0.1, -0.05) is 18.2 Å². The first-order valence-corrected chi connectivity index (χ1v) is 10.0. The van der Waals surface area contributed by atoms with E-state index in [-0.39, 0.29) is 0 Å². The predicted molar refractivity (Wildman–Crippen MR) is 117 cm³/mol. The van der Waals surface area contributed by atoms with Crippen molar-refractivity contribution in [2.45, 2.75) is 13.1 Å². The highest BCUT2D eigenvalue weighted by Gasteiger charge is 2.24. The number of aromatic nitrogens is 4. The molecule has 8 heteroatoms. The van der Waals surface area contributed by atoms with E-state index in [9.17, 15) is 9.59 Å². The number of aldehydes is 2. The summed E-state index contributed by atoms with van der Waals surface area (Å²) < 4.78 is 14.4. The predicted octanol–water partition coefficient (Wildman–Crippen LogP) is 3.47. The fourth-order valence-corrected chi connectivity index (χ4v) is 4.17. The molecular weight excluding hydrogens is 408 g/mol. The molecule has 0 spiro atoms. The Balaban J connectivity index is 0.000000135. The topological polar surface area (TPSA) is 88.2 Å². The molecule has 0 fully saturated rings. The summed E-state index contributed by atoms with van der Waals surface area (Å²) in [4.78, 5) is 29.9. The van der Waals surface area contributed by atoms with Crippen LogP contribution in [0.1, 0.15) is 32.1 Å². The van der Waals surface area contributed by atoms with Crippen LogP contribution in [0.4, 0.5) is 0 Å². The van der Waals surface area contributed by atoms with Crippen LogP contribution in [0.25, 0.3) is 22.8 Å². The van der Waals surface area contributed by atoms with Crippen LogP contribution in [0.2, 0.25) is 0 Å². The summed E-state index contributed by atoms with van der Waals surface area (Å²) in [6.45, 7) is 1.53. The molecule has 4 heterocycles. The molecule has 8 nitrogen and oxygen atoms in total. The highest BCUT2D eigenvalue weighted by atomic mass is 16.5. The molecule has 2 aromatic carbocycles. The molecule has 2 aliphatic rings. The summed E-state index contributed by atoms with van der Waals surface area (Å²) in [6, 6.07) is 11.8. The molecular formula is C24H20N4O4. The van der Waals surface area contributed by atoms with Crippen molar-refractivity contribution < 1.29 is 19.1 Å². The molecule has 0 saturated heterocycles. The van der Waals surface area contributed by atoms with Gasteiger partial charge < -0.3 is 18.6 Å². The lowest BCUT2D eigenvalue weighted by molar-refractivity contribution is 0.111. The largest absolute Gasteiger partial charge is 0.497 e. The van der Waals surface area contributed by atoms with Gasteiger partial charge in [-0.05, 0) is 29.3 Å². The van der Waals surface area contributed by atoms with E-state index in [1.807, 2.05) is 45.5 Å². The Kier molecular flexibility index (Phi) is 4.82. The summed E-state index contributed by atoms with van der Waals surface area (Å²) in [5.41, 5.74) is 5.38. The van der Waals surface area contributed by atoms with E-state index >= 15 is 0 Å². The van der Waals surface area contributed by atoms with Crippen LogP contribution < -0.4 is 9.47 Å². The van der Waals surface area contributed by atoms with E-state index in [0.29, 0.717) is 11.4 Å². The fourth-order valence-electron chi connectivity index (χ4n) is 4.17. The van der Waals surface area contributed by atoms with Gasteiger partial charge in [-0.15, -0.1) is 0 Å². The number of hydrogen-bond donors (Lipinski definition) is 0. The lowest BCUT2D eigenvalue weighted by Gasteiger charge is -2.04. The zero-order valence-electron chi connectivity index (χ0n) is 17.6. The monoisotopic (exact) mass is 428 g/mol. The number of carbonyl (C=O) groups excluding carboxylic acids is 2. The summed E-state index contributed by atoms with van der Waals surface area (Å²) in [5, 5.41) is 0. The molecule has 2 aromatic heterocycles. The van der Waals surface area contributed by atoms with Crippen LogP contribution in [-0.4, -0.2) is 45.9 Å². The van der Waals surface area contributed by atoms with Crippen LogP contribution in [0.15, 0.2) is 48.8 Å². The Morgan fingerprint density at radius 1 is 0.844 bits per heavy atom. The van der Waals surface area contributed by atoms with Crippen molar-refractivity contribution in [3.63, 3.8) is 0 Å². The minimum atomic E-state index is 0.464. The van der Waals surface area contributed by atoms with E-state index in [2.05, 4.69) is 9.97 Å². The Hall–Kier alpha value is -4.20. The number of hydrogen-bond acceptors (Lipinski definition) is 6. The van der Waals surface area contributed by atoms with Gasteiger partial charge in [-0.25, -0.2) is 9.97 Å². The van der Waals surface area contributed by atoms with E-state index < -0.39 is 0 Å². The number of rotatable bonds is 4. The smallest absolute Gasteiger partial charge is 0.170 e. The van der Waals surface area contributed by atoms with Crippen LogP contribution in [0.5, 0.6) is 11.5 Å². The van der Waals surface area contributed by atoms with Crippen LogP contribution in [0, 0.1) is 0 Å². The van der Waals surface area contributed by atoms with Gasteiger partial charge in [0.25, 0.3) is 0 Å². The summed E-state index contributed by atoms with van der Waals surface area (Å²) in [6.07, 6.45) is 5.07. The van der Waals surface area contributed by atoms with Crippen molar-refractivity contribution in [1.29, 1.82) is 0 Å². The Morgan fingerprint density at radius 2 is 1.53 bits per heavy atom. The number of methoxy groups -OCH3 is 2. The van der Waals surface area contributed by atoms with Gasteiger partial charge in [0.15, 0.2) is 12.6 Å².